The Morgan fingerprint density at radius 1 is 1.08 bits per heavy atom. The molecule has 0 bridgehead atoms. The molecule has 0 radical (unpaired) electrons. The van der Waals surface area contributed by atoms with E-state index in [0.29, 0.717) is 19.6 Å². The highest BCUT2D eigenvalue weighted by Gasteiger charge is 2.41. The minimum absolute atomic E-state index is 0.235. The van der Waals surface area contributed by atoms with Crippen LogP contribution < -0.4 is 5.32 Å². The van der Waals surface area contributed by atoms with Crippen molar-refractivity contribution in [3.05, 3.63) is 66.0 Å². The number of benzene rings is 1. The van der Waals surface area contributed by atoms with Gasteiger partial charge in [-0.3, -0.25) is 14.7 Å². The van der Waals surface area contributed by atoms with Gasteiger partial charge in [0, 0.05) is 51.4 Å². The fraction of sp³-hybridized carbons (Fsp3) is 0.368. The van der Waals surface area contributed by atoms with Crippen molar-refractivity contribution in [1.29, 1.82) is 0 Å². The van der Waals surface area contributed by atoms with Crippen LogP contribution >= 0.6 is 0 Å². The van der Waals surface area contributed by atoms with Gasteiger partial charge in [0.05, 0.1) is 0 Å². The predicted molar refractivity (Wildman–Crippen MR) is 90.9 cm³/mol. The summed E-state index contributed by atoms with van der Waals surface area (Å²) in [7, 11) is 0. The van der Waals surface area contributed by atoms with Crippen molar-refractivity contribution in [2.75, 3.05) is 13.1 Å². The van der Waals surface area contributed by atoms with E-state index in [1.807, 2.05) is 42.5 Å². The Labute approximate surface area is 141 Å². The molecule has 4 nitrogen and oxygen atoms in total. The summed E-state index contributed by atoms with van der Waals surface area (Å²) in [4.78, 5) is 18.4. The van der Waals surface area contributed by atoms with E-state index in [1.54, 1.807) is 12.4 Å². The van der Waals surface area contributed by atoms with Crippen molar-refractivity contribution < 1.29 is 9.18 Å². The maximum atomic E-state index is 14.9. The van der Waals surface area contributed by atoms with E-state index in [-0.39, 0.29) is 12.8 Å². The number of hydrogen-bond acceptors (Lipinski definition) is 3. The number of nitrogens with one attached hydrogen (secondary N) is 1. The lowest BCUT2D eigenvalue weighted by molar-refractivity contribution is -0.136. The zero-order valence-corrected chi connectivity index (χ0v) is 13.6. The van der Waals surface area contributed by atoms with Gasteiger partial charge in [0.15, 0.2) is 5.67 Å². The predicted octanol–water partition coefficient (Wildman–Crippen LogP) is 2.70. The molecule has 1 N–H and O–H groups in total. The molecule has 1 aliphatic rings. The van der Waals surface area contributed by atoms with Crippen LogP contribution in [0.3, 0.4) is 0 Å². The van der Waals surface area contributed by atoms with Gasteiger partial charge in [-0.15, -0.1) is 0 Å². The van der Waals surface area contributed by atoms with Crippen LogP contribution in [-0.4, -0.2) is 34.5 Å². The van der Waals surface area contributed by atoms with Gasteiger partial charge in [0.2, 0.25) is 0 Å². The lowest BCUT2D eigenvalue weighted by Crippen LogP contribution is -2.50. The summed E-state index contributed by atoms with van der Waals surface area (Å²) >= 11 is 0. The van der Waals surface area contributed by atoms with E-state index < -0.39 is 11.6 Å². The van der Waals surface area contributed by atoms with Crippen LogP contribution in [0.15, 0.2) is 54.9 Å². The monoisotopic (exact) mass is 327 g/mol. The Morgan fingerprint density at radius 2 is 1.75 bits per heavy atom. The SMILES string of the molecule is O=C(NCc1ccccc1)C1(F)CCN(Cc2ccncc2)CC1. The maximum Gasteiger partial charge on any atom is 0.258 e. The van der Waals surface area contributed by atoms with E-state index in [1.165, 1.54) is 0 Å². The first kappa shape index (κ1) is 16.6. The molecule has 1 aromatic carbocycles. The molecule has 3 rings (SSSR count). The topological polar surface area (TPSA) is 45.2 Å². The first-order chi connectivity index (χ1) is 11.7. The van der Waals surface area contributed by atoms with Gasteiger partial charge >= 0.3 is 0 Å². The quantitative estimate of drug-likeness (QED) is 0.918. The summed E-state index contributed by atoms with van der Waals surface area (Å²) in [5.41, 5.74) is 0.373. The van der Waals surface area contributed by atoms with Crippen LogP contribution in [-0.2, 0) is 17.9 Å². The second-order valence-electron chi connectivity index (χ2n) is 6.27. The molecular formula is C19H22FN3O. The average molecular weight is 327 g/mol. The van der Waals surface area contributed by atoms with Crippen LogP contribution in [0.1, 0.15) is 24.0 Å². The highest BCUT2D eigenvalue weighted by atomic mass is 19.1. The zero-order valence-electron chi connectivity index (χ0n) is 13.6. The molecule has 1 aromatic heterocycles. The van der Waals surface area contributed by atoms with Gasteiger partial charge in [-0.1, -0.05) is 30.3 Å². The highest BCUT2D eigenvalue weighted by molar-refractivity contribution is 5.85. The van der Waals surface area contributed by atoms with E-state index in [0.717, 1.165) is 17.7 Å². The molecule has 5 heteroatoms. The van der Waals surface area contributed by atoms with Crippen LogP contribution in [0, 0.1) is 0 Å². The maximum absolute atomic E-state index is 14.9. The van der Waals surface area contributed by atoms with Gasteiger partial charge in [-0.2, -0.15) is 0 Å². The molecule has 126 valence electrons. The molecule has 2 heterocycles. The number of carbonyl (C=O) groups excluding carboxylic acids is 1. The Balaban J connectivity index is 1.49. The second kappa shape index (κ2) is 7.53. The van der Waals surface area contributed by atoms with Crippen molar-refractivity contribution in [2.24, 2.45) is 0 Å². The molecule has 1 aliphatic heterocycles. The molecule has 2 aromatic rings. The third-order valence-corrected chi connectivity index (χ3v) is 4.51. The van der Waals surface area contributed by atoms with Crippen molar-refractivity contribution in [1.82, 2.24) is 15.2 Å². The number of nitrogens with zero attached hydrogens (tertiary/aromatic N) is 2. The zero-order chi connectivity index (χ0) is 16.8. The summed E-state index contributed by atoms with van der Waals surface area (Å²) < 4.78 is 14.9. The fourth-order valence-corrected chi connectivity index (χ4v) is 2.98. The Morgan fingerprint density at radius 3 is 2.42 bits per heavy atom. The largest absolute Gasteiger partial charge is 0.349 e. The Kier molecular flexibility index (Phi) is 5.20. The number of halogens is 1. The van der Waals surface area contributed by atoms with E-state index in [9.17, 15) is 9.18 Å². The first-order valence-electron chi connectivity index (χ1n) is 8.28. The number of hydrogen-bond donors (Lipinski definition) is 1. The minimum Gasteiger partial charge on any atom is -0.349 e. The van der Waals surface area contributed by atoms with E-state index >= 15 is 0 Å². The molecule has 1 saturated heterocycles. The average Bonchev–Trinajstić information content (AvgIpc) is 2.63. The molecule has 1 amide bonds. The van der Waals surface area contributed by atoms with Gasteiger partial charge < -0.3 is 5.32 Å². The minimum atomic E-state index is -1.76. The van der Waals surface area contributed by atoms with E-state index in [2.05, 4.69) is 15.2 Å². The first-order valence-corrected chi connectivity index (χ1v) is 8.28. The molecule has 24 heavy (non-hydrogen) atoms. The van der Waals surface area contributed by atoms with Crippen molar-refractivity contribution >= 4 is 5.91 Å². The van der Waals surface area contributed by atoms with Gasteiger partial charge in [0.1, 0.15) is 0 Å². The van der Waals surface area contributed by atoms with Gasteiger partial charge in [0.25, 0.3) is 5.91 Å². The summed E-state index contributed by atoms with van der Waals surface area (Å²) in [5.74, 6) is -0.491. The standard InChI is InChI=1S/C19H22FN3O/c20-19(18(24)22-14-16-4-2-1-3-5-16)8-12-23(13-9-19)15-17-6-10-21-11-7-17/h1-7,10-11H,8-9,12-15H2,(H,22,24). The number of carbonyl (C=O) groups is 1. The molecular weight excluding hydrogens is 305 g/mol. The molecule has 0 aliphatic carbocycles. The van der Waals surface area contributed by atoms with Crippen LogP contribution in [0.4, 0.5) is 4.39 Å². The van der Waals surface area contributed by atoms with E-state index in [4.69, 9.17) is 0 Å². The number of likely N-dealkylation sites (tertiary alicyclic amines) is 1. The summed E-state index contributed by atoms with van der Waals surface area (Å²) in [5, 5.41) is 2.73. The number of piperidine rings is 1. The molecule has 1 fully saturated rings. The highest BCUT2D eigenvalue weighted by Crippen LogP contribution is 2.27. The Hall–Kier alpha value is -2.27. The van der Waals surface area contributed by atoms with Crippen LogP contribution in [0.5, 0.6) is 0 Å². The number of pyridine rings is 1. The lowest BCUT2D eigenvalue weighted by Gasteiger charge is -2.35. The van der Waals surface area contributed by atoms with Gasteiger partial charge in [-0.25, -0.2) is 4.39 Å². The third kappa shape index (κ3) is 4.17. The summed E-state index contributed by atoms with van der Waals surface area (Å²) in [6.07, 6.45) is 3.99. The number of rotatable bonds is 5. The Bertz CT molecular complexity index is 655. The van der Waals surface area contributed by atoms with Crippen molar-refractivity contribution in [3.63, 3.8) is 0 Å². The van der Waals surface area contributed by atoms with Crippen LogP contribution in [0.2, 0.25) is 0 Å². The summed E-state index contributed by atoms with van der Waals surface area (Å²) in [6, 6.07) is 13.5. The molecule has 0 unspecified atom stereocenters. The second-order valence-corrected chi connectivity index (χ2v) is 6.27. The smallest absolute Gasteiger partial charge is 0.258 e. The van der Waals surface area contributed by atoms with Crippen molar-refractivity contribution in [3.8, 4) is 0 Å². The normalized spacial score (nSPS) is 17.4. The van der Waals surface area contributed by atoms with Crippen LogP contribution in [0.25, 0.3) is 0 Å². The molecule has 0 atom stereocenters. The fourth-order valence-electron chi connectivity index (χ4n) is 2.98. The van der Waals surface area contributed by atoms with Gasteiger partial charge in [-0.05, 0) is 23.3 Å². The number of alkyl halides is 1. The third-order valence-electron chi connectivity index (χ3n) is 4.51. The lowest BCUT2D eigenvalue weighted by atomic mass is 9.92. The van der Waals surface area contributed by atoms with Crippen molar-refractivity contribution in [2.45, 2.75) is 31.6 Å². The number of amides is 1. The molecule has 0 saturated carbocycles. The number of aromatic nitrogens is 1. The summed E-state index contributed by atoms with van der Waals surface area (Å²) in [6.45, 7) is 2.30. The molecule has 0 spiro atoms.